The lowest BCUT2D eigenvalue weighted by Crippen LogP contribution is -2.44. The number of nitrogens with one attached hydrogen (secondary N) is 1. The predicted molar refractivity (Wildman–Crippen MR) is 172 cm³/mol. The van der Waals surface area contributed by atoms with Crippen molar-refractivity contribution in [3.05, 3.63) is 89.4 Å². The number of rotatable bonds is 8. The normalized spacial score (nSPS) is 14.6. The Morgan fingerprint density at radius 1 is 1.00 bits per heavy atom. The second-order valence-corrected chi connectivity index (χ2v) is 12.0. The van der Waals surface area contributed by atoms with Crippen LogP contribution < -0.4 is 10.1 Å². The minimum absolute atomic E-state index is 0.0213. The van der Waals surface area contributed by atoms with Crippen LogP contribution in [-0.2, 0) is 12.7 Å². The summed E-state index contributed by atoms with van der Waals surface area (Å²) in [5.74, 6) is 0.447. The van der Waals surface area contributed by atoms with Gasteiger partial charge in [0, 0.05) is 68.0 Å². The number of piperazine rings is 1. The van der Waals surface area contributed by atoms with Gasteiger partial charge in [-0.2, -0.15) is 23.3 Å². The van der Waals surface area contributed by atoms with Crippen LogP contribution in [0.25, 0.3) is 22.4 Å². The van der Waals surface area contributed by atoms with Gasteiger partial charge in [-0.15, -0.1) is 0 Å². The van der Waals surface area contributed by atoms with E-state index in [9.17, 15) is 18.0 Å². The number of benzene rings is 2. The van der Waals surface area contributed by atoms with Crippen LogP contribution in [-0.4, -0.2) is 73.7 Å². The predicted octanol–water partition coefficient (Wildman–Crippen LogP) is 6.59. The number of halogens is 3. The standard InChI is InChI=1S/C34H35F3N8O2/c1-21(2)45-31-27(19-39-45)33(42-30(41-31)23-9-11-38-12-10-23)47-29-17-24(6-5-22(29)3)32(46)40-26-8-7-25(28(18-26)34(35,36)37)20-44-15-13-43(4)14-16-44/h5-12,17-19,21H,13-16,20H2,1-4H3,(H,40,46). The van der Waals surface area contributed by atoms with Gasteiger partial charge in [0.05, 0.1) is 11.8 Å². The third-order valence-electron chi connectivity index (χ3n) is 8.17. The maximum atomic E-state index is 14.1. The van der Waals surface area contributed by atoms with Crippen molar-refractivity contribution >= 4 is 22.6 Å². The fraction of sp³-hybridized carbons (Fsp3) is 0.324. The minimum Gasteiger partial charge on any atom is -0.438 e. The molecule has 6 rings (SSSR count). The van der Waals surface area contributed by atoms with Crippen molar-refractivity contribution < 1.29 is 22.7 Å². The van der Waals surface area contributed by atoms with Crippen molar-refractivity contribution in [3.8, 4) is 23.0 Å². The Balaban J connectivity index is 1.27. The average molecular weight is 645 g/mol. The molecule has 1 N–H and O–H groups in total. The SMILES string of the molecule is Cc1ccc(C(=O)Nc2ccc(CN3CCN(C)CC3)c(C(F)(F)F)c2)cc1Oc1nc(-c2ccncc2)nc2c1cnn2C(C)C. The van der Waals surface area contributed by atoms with E-state index in [4.69, 9.17) is 9.72 Å². The number of aryl methyl sites for hydroxylation is 1. The summed E-state index contributed by atoms with van der Waals surface area (Å²) in [6, 6.07) is 12.4. The van der Waals surface area contributed by atoms with Crippen molar-refractivity contribution in [1.82, 2.24) is 34.5 Å². The maximum Gasteiger partial charge on any atom is 0.416 e. The number of carbonyl (C=O) groups excluding carboxylic acids is 1. The Bertz CT molecular complexity index is 1900. The quantitative estimate of drug-likeness (QED) is 0.202. The van der Waals surface area contributed by atoms with E-state index in [1.807, 2.05) is 32.7 Å². The minimum atomic E-state index is -4.57. The van der Waals surface area contributed by atoms with E-state index in [0.29, 0.717) is 35.7 Å². The van der Waals surface area contributed by atoms with E-state index in [2.05, 4.69) is 25.3 Å². The first-order valence-corrected chi connectivity index (χ1v) is 15.3. The van der Waals surface area contributed by atoms with Gasteiger partial charge in [0.25, 0.3) is 5.91 Å². The van der Waals surface area contributed by atoms with Crippen LogP contribution in [0.5, 0.6) is 11.6 Å². The number of amides is 1. The molecule has 0 bridgehead atoms. The molecular weight excluding hydrogens is 609 g/mol. The van der Waals surface area contributed by atoms with Crippen molar-refractivity contribution in [3.63, 3.8) is 0 Å². The van der Waals surface area contributed by atoms with Gasteiger partial charge in [-0.3, -0.25) is 14.7 Å². The largest absolute Gasteiger partial charge is 0.438 e. The highest BCUT2D eigenvalue weighted by atomic mass is 19.4. The summed E-state index contributed by atoms with van der Waals surface area (Å²) in [5.41, 5.74) is 1.71. The summed E-state index contributed by atoms with van der Waals surface area (Å²) in [7, 11) is 2.00. The van der Waals surface area contributed by atoms with Crippen LogP contribution in [0.3, 0.4) is 0 Å². The first-order valence-electron chi connectivity index (χ1n) is 15.3. The van der Waals surface area contributed by atoms with Gasteiger partial charge in [-0.25, -0.2) is 9.67 Å². The zero-order valence-corrected chi connectivity index (χ0v) is 26.5. The zero-order valence-electron chi connectivity index (χ0n) is 26.5. The van der Waals surface area contributed by atoms with Gasteiger partial charge in [-0.05, 0) is 75.3 Å². The molecule has 0 radical (unpaired) electrons. The molecule has 1 aliphatic rings. The first kappa shape index (κ1) is 32.1. The van der Waals surface area contributed by atoms with E-state index in [1.54, 1.807) is 53.6 Å². The number of anilines is 1. The Hall–Kier alpha value is -4.88. The van der Waals surface area contributed by atoms with E-state index in [-0.39, 0.29) is 35.3 Å². The van der Waals surface area contributed by atoms with Gasteiger partial charge >= 0.3 is 6.18 Å². The monoisotopic (exact) mass is 644 g/mol. The summed E-state index contributed by atoms with van der Waals surface area (Å²) < 4.78 is 50.5. The molecule has 1 amide bonds. The molecule has 244 valence electrons. The van der Waals surface area contributed by atoms with Crippen LogP contribution in [0, 0.1) is 6.92 Å². The van der Waals surface area contributed by atoms with Crippen molar-refractivity contribution in [2.75, 3.05) is 38.5 Å². The zero-order chi connectivity index (χ0) is 33.3. The highest BCUT2D eigenvalue weighted by molar-refractivity contribution is 6.04. The molecule has 1 fully saturated rings. The molecule has 0 aliphatic carbocycles. The summed E-state index contributed by atoms with van der Waals surface area (Å²) in [6.45, 7) is 8.97. The average Bonchev–Trinajstić information content (AvgIpc) is 3.49. The third-order valence-corrected chi connectivity index (χ3v) is 8.17. The van der Waals surface area contributed by atoms with E-state index in [0.717, 1.165) is 30.3 Å². The van der Waals surface area contributed by atoms with Gasteiger partial charge in [0.1, 0.15) is 11.1 Å². The first-order chi connectivity index (χ1) is 22.5. The van der Waals surface area contributed by atoms with Crippen LogP contribution >= 0.6 is 0 Å². The summed E-state index contributed by atoms with van der Waals surface area (Å²) in [5, 5.41) is 7.71. The Labute approximate surface area is 270 Å². The van der Waals surface area contributed by atoms with E-state index >= 15 is 0 Å². The number of hydrogen-bond acceptors (Lipinski definition) is 8. The highest BCUT2D eigenvalue weighted by Gasteiger charge is 2.34. The lowest BCUT2D eigenvalue weighted by Gasteiger charge is -2.33. The number of aromatic nitrogens is 5. The Morgan fingerprint density at radius 2 is 1.74 bits per heavy atom. The number of ether oxygens (including phenoxy) is 1. The Morgan fingerprint density at radius 3 is 2.45 bits per heavy atom. The highest BCUT2D eigenvalue weighted by Crippen LogP contribution is 2.36. The number of hydrogen-bond donors (Lipinski definition) is 1. The molecule has 0 spiro atoms. The molecule has 0 unspecified atom stereocenters. The molecule has 0 saturated carbocycles. The molecule has 1 saturated heterocycles. The number of carbonyl (C=O) groups is 1. The molecule has 10 nitrogen and oxygen atoms in total. The van der Waals surface area contributed by atoms with Gasteiger partial charge in [-0.1, -0.05) is 12.1 Å². The van der Waals surface area contributed by atoms with Gasteiger partial charge < -0.3 is 15.0 Å². The smallest absolute Gasteiger partial charge is 0.416 e. The topological polar surface area (TPSA) is 101 Å². The van der Waals surface area contributed by atoms with Gasteiger partial charge in [0.2, 0.25) is 5.88 Å². The summed E-state index contributed by atoms with van der Waals surface area (Å²) in [4.78, 5) is 31.0. The molecule has 3 aromatic heterocycles. The lowest BCUT2D eigenvalue weighted by atomic mass is 10.0. The molecular formula is C34H35F3N8O2. The number of likely N-dealkylation sites (N-methyl/N-ethyl adjacent to an activating group) is 1. The van der Waals surface area contributed by atoms with Gasteiger partial charge in [0.15, 0.2) is 11.5 Å². The Kier molecular flexibility index (Phi) is 8.93. The fourth-order valence-electron chi connectivity index (χ4n) is 5.45. The van der Waals surface area contributed by atoms with E-state index in [1.165, 1.54) is 12.1 Å². The molecule has 5 aromatic rings. The van der Waals surface area contributed by atoms with E-state index < -0.39 is 17.6 Å². The molecule has 13 heteroatoms. The maximum absolute atomic E-state index is 14.1. The summed E-state index contributed by atoms with van der Waals surface area (Å²) >= 11 is 0. The molecule has 4 heterocycles. The number of pyridine rings is 1. The second-order valence-electron chi connectivity index (χ2n) is 12.0. The van der Waals surface area contributed by atoms with Crippen LogP contribution in [0.4, 0.5) is 18.9 Å². The summed E-state index contributed by atoms with van der Waals surface area (Å²) in [6.07, 6.45) is 0.357. The molecule has 1 aliphatic heterocycles. The number of fused-ring (bicyclic) bond motifs is 1. The third kappa shape index (κ3) is 7.10. The number of nitrogens with zero attached hydrogens (tertiary/aromatic N) is 7. The molecule has 47 heavy (non-hydrogen) atoms. The van der Waals surface area contributed by atoms with Crippen LogP contribution in [0.2, 0.25) is 0 Å². The van der Waals surface area contributed by atoms with Crippen LogP contribution in [0.15, 0.2) is 67.1 Å². The molecule has 0 atom stereocenters. The number of alkyl halides is 3. The van der Waals surface area contributed by atoms with Crippen molar-refractivity contribution in [1.29, 1.82) is 0 Å². The van der Waals surface area contributed by atoms with Crippen molar-refractivity contribution in [2.24, 2.45) is 0 Å². The lowest BCUT2D eigenvalue weighted by molar-refractivity contribution is -0.138. The second kappa shape index (κ2) is 13.1. The van der Waals surface area contributed by atoms with Crippen LogP contribution in [0.1, 0.15) is 46.9 Å². The van der Waals surface area contributed by atoms with Crippen molar-refractivity contribution in [2.45, 2.75) is 39.5 Å². The fourth-order valence-corrected chi connectivity index (χ4v) is 5.45. The molecule has 2 aromatic carbocycles.